The smallest absolute Gasteiger partial charge is 0.507 e. The van der Waals surface area contributed by atoms with Crippen molar-refractivity contribution < 1.29 is 168 Å². The van der Waals surface area contributed by atoms with Crippen LogP contribution in [-0.2, 0) is 47.5 Å². The van der Waals surface area contributed by atoms with Gasteiger partial charge in [0, 0.05) is 29.8 Å². The highest BCUT2D eigenvalue weighted by Crippen LogP contribution is 2.44. The summed E-state index contributed by atoms with van der Waals surface area (Å²) >= 11 is 0. The van der Waals surface area contributed by atoms with Crippen LogP contribution in [0.1, 0.15) is 16.7 Å². The lowest BCUT2D eigenvalue weighted by molar-refractivity contribution is -0.358. The molecule has 4 aromatic carbocycles. The Labute approximate surface area is 574 Å². The van der Waals surface area contributed by atoms with E-state index in [1.54, 1.807) is 0 Å². The molecule has 19 N–H and O–H groups in total. The second kappa shape index (κ2) is 32.5. The van der Waals surface area contributed by atoms with Crippen molar-refractivity contribution in [3.8, 4) is 80.1 Å². The van der Waals surface area contributed by atoms with Gasteiger partial charge in [0.2, 0.25) is 25.5 Å². The maximum Gasteiger partial charge on any atom is 0.510 e. The van der Waals surface area contributed by atoms with Gasteiger partial charge in [0.05, 0.1) is 25.4 Å². The number of benzene rings is 5. The van der Waals surface area contributed by atoms with Crippen molar-refractivity contribution in [2.24, 2.45) is 0 Å². The van der Waals surface area contributed by atoms with Gasteiger partial charge in [-0.15, -0.1) is 0 Å². The van der Waals surface area contributed by atoms with Gasteiger partial charge in [-0.2, -0.15) is 0 Å². The summed E-state index contributed by atoms with van der Waals surface area (Å²) in [6.45, 7) is -3.10. The number of aliphatic hydroxyl groups excluding tert-OH is 12. The van der Waals surface area contributed by atoms with Gasteiger partial charge in [-0.1, -0.05) is 18.2 Å². The van der Waals surface area contributed by atoms with E-state index in [0.717, 1.165) is 60.7 Å². The van der Waals surface area contributed by atoms with E-state index in [4.69, 9.17) is 61.3 Å². The zero-order valence-electron chi connectivity index (χ0n) is 53.0. The van der Waals surface area contributed by atoms with E-state index in [1.165, 1.54) is 73.9 Å². The zero-order valence-corrected chi connectivity index (χ0v) is 53.0. The van der Waals surface area contributed by atoms with Crippen LogP contribution in [0.15, 0.2) is 118 Å². The summed E-state index contributed by atoms with van der Waals surface area (Å²) in [7, 11) is 1.24. The van der Waals surface area contributed by atoms with Gasteiger partial charge in [0.15, 0.2) is 81.4 Å². The third kappa shape index (κ3) is 17.2. The fraction of sp³-hybridized carbons (Fsp3) is 0.373. The van der Waals surface area contributed by atoms with Crippen LogP contribution in [0, 0.1) is 0 Å². The van der Waals surface area contributed by atoms with Crippen molar-refractivity contribution in [3.63, 3.8) is 0 Å². The van der Waals surface area contributed by atoms with E-state index >= 15 is 0 Å². The Morgan fingerprint density at radius 2 is 0.922 bits per heavy atom. The number of hydrogen-bond acceptors (Lipinski definition) is 34. The summed E-state index contributed by atoms with van der Waals surface area (Å²) in [5.74, 6) is -7.36. The van der Waals surface area contributed by atoms with Crippen LogP contribution in [0.4, 0.5) is 0 Å². The Bertz CT molecular complexity index is 4060. The number of carbonyl (C=O) groups excluding carboxylic acids is 3. The van der Waals surface area contributed by atoms with E-state index < -0.39 is 201 Å². The molecule has 6 aliphatic rings. The lowest BCUT2D eigenvalue weighted by Gasteiger charge is -2.46. The van der Waals surface area contributed by atoms with Crippen LogP contribution in [0.3, 0.4) is 0 Å². The Morgan fingerprint density at radius 1 is 0.441 bits per heavy atom. The minimum atomic E-state index is -2.19. The monoisotopic (exact) mass is 1440 g/mol. The Balaban J connectivity index is 0.799. The van der Waals surface area contributed by atoms with Crippen LogP contribution in [0.2, 0.25) is 0 Å². The first-order valence-electron chi connectivity index (χ1n) is 30.9. The molecule has 0 saturated carbocycles. The normalized spacial score (nSPS) is 29.7. The summed E-state index contributed by atoms with van der Waals surface area (Å²) in [5.41, 5.74) is -0.0868. The molecule has 0 amide bonds. The van der Waals surface area contributed by atoms with Crippen LogP contribution in [0.5, 0.6) is 57.5 Å². The molecule has 0 aromatic heterocycles. The first-order chi connectivity index (χ1) is 48.6. The van der Waals surface area contributed by atoms with E-state index in [1.807, 2.05) is 0 Å². The third-order valence-electron chi connectivity index (χ3n) is 16.5. The standard InChI is InChI=1S/C67H70O35/c1-90-41-19-30(8-11-34(41)71)62-43(22-32-36(73)20-31(69)21-40(32)94-62)97-67-63(102-66-61(89)57(85)53(81)46(100-66)25-92-48(76)13-5-27-2-9-33(70)37(74)16-27)58(86)54(82)47(101-67)26-93-49(77)14-6-28-4-12-39(38(75)17-28)95-64-60(88)56(84)52(80)45(99-64)24-91-50(78)15-7-29-3-10-35(72)42(18-29)96-65-59(87)55(83)51(79)44(23-68)98-65/h2-22,44-47,51-61,63-68,70-75,79-89H,23-26H2,1H3/p+1/b13-5?,14-6+,15-7?/t44-,45-,46-,47-,51-,52-,53-,54-,55+,56+,57+,58+,59-,60-,61-,63-,64-,65-,66+,67-/m1/s1. The number of ether oxygens (including phenoxy) is 12. The molecule has 10 rings (SSSR count). The minimum absolute atomic E-state index is 0.0832. The molecule has 35 heteroatoms. The van der Waals surface area contributed by atoms with E-state index in [2.05, 4.69) is 0 Å². The summed E-state index contributed by atoms with van der Waals surface area (Å²) < 4.78 is 73.7. The molecule has 4 saturated heterocycles. The fourth-order valence-corrected chi connectivity index (χ4v) is 10.8. The zero-order chi connectivity index (χ0) is 73.5. The average Bonchev–Trinajstić information content (AvgIpc) is 0.771. The highest BCUT2D eigenvalue weighted by molar-refractivity contribution is 5.89. The Morgan fingerprint density at radius 3 is 1.52 bits per heavy atom. The molecule has 20 atom stereocenters. The van der Waals surface area contributed by atoms with Crippen molar-refractivity contribution >= 4 is 36.1 Å². The van der Waals surface area contributed by atoms with E-state index in [9.17, 15) is 111 Å². The molecule has 35 nitrogen and oxygen atoms in total. The Hall–Kier alpha value is -9.74. The number of fused-ring (bicyclic) bond motifs is 1. The quantitative estimate of drug-likeness (QED) is 0.0106. The number of phenolic OH excluding ortho intramolecular Hbond substituents is 6. The summed E-state index contributed by atoms with van der Waals surface area (Å²) in [6.07, 6.45) is -30.9. The largest absolute Gasteiger partial charge is 0.510 e. The SMILES string of the molecule is COc1cc(-c2oc3cc(=O)cc(O)c-3cc2O[C@@H]2O[C@H](COC(=O)/C=C/c3ccc(O[C@@H]4O[C@H](COC(=[OH+])C=Cc5ccc(O)c(O[C@@H]6O[C@H](CO)[C@@H](O)[C@H](O)[C@H]6O)c5)[C@@H](O)[C@H](O)[C@H]4O)c(O)c3)[C@@H](O)[C@H](O)[C@H]2O[C@@H]2O[C@H](COC(=O)C=Cc3ccc(O)c(O)c3)[C@@H](O)[C@H](O)[C@H]2O)ccc1O. The Kier molecular flexibility index (Phi) is 23.9. The molecule has 0 bridgehead atoms. The van der Waals surface area contributed by atoms with Crippen LogP contribution in [-0.4, -0.2) is 271 Å². The molecule has 5 aliphatic heterocycles. The predicted molar refractivity (Wildman–Crippen MR) is 339 cm³/mol. The van der Waals surface area contributed by atoms with Crippen LogP contribution in [0.25, 0.3) is 40.9 Å². The predicted octanol–water partition coefficient (Wildman–Crippen LogP) is -2.22. The molecule has 1 aliphatic carbocycles. The summed E-state index contributed by atoms with van der Waals surface area (Å²) in [5, 5.41) is 191. The van der Waals surface area contributed by atoms with Crippen molar-refractivity contribution in [3.05, 3.63) is 136 Å². The topological polar surface area (TPSA) is 561 Å². The van der Waals surface area contributed by atoms with Crippen molar-refractivity contribution in [2.45, 2.75) is 123 Å². The van der Waals surface area contributed by atoms with Crippen LogP contribution >= 0.6 is 0 Å². The minimum Gasteiger partial charge on any atom is -0.507 e. The van der Waals surface area contributed by atoms with Gasteiger partial charge in [-0.3, -0.25) is 4.79 Å². The molecule has 0 spiro atoms. The summed E-state index contributed by atoms with van der Waals surface area (Å²) in [4.78, 5) is 49.3. The highest BCUT2D eigenvalue weighted by Gasteiger charge is 2.53. The van der Waals surface area contributed by atoms with Gasteiger partial charge in [-0.05, 0) is 95.6 Å². The van der Waals surface area contributed by atoms with Crippen LogP contribution < -0.4 is 24.4 Å². The number of rotatable bonds is 23. The molecule has 0 radical (unpaired) electrons. The van der Waals surface area contributed by atoms with Gasteiger partial charge < -0.3 is 158 Å². The molecular formula is C67H71O35+. The molecule has 4 aromatic rings. The molecular weight excluding hydrogens is 1360 g/mol. The first-order valence-corrected chi connectivity index (χ1v) is 30.9. The number of methoxy groups -OCH3 is 1. The van der Waals surface area contributed by atoms with Crippen molar-refractivity contribution in [2.75, 3.05) is 33.5 Å². The average molecular weight is 1440 g/mol. The number of aromatic hydroxyl groups is 6. The second-order valence-electron chi connectivity index (χ2n) is 23.5. The number of hydrogen-bond donors (Lipinski definition) is 18. The lowest BCUT2D eigenvalue weighted by atomic mass is 9.97. The molecule has 0 unspecified atom stereocenters. The molecule has 4 fully saturated rings. The van der Waals surface area contributed by atoms with Gasteiger partial charge >= 0.3 is 17.9 Å². The number of aliphatic hydroxyl groups is 12. The maximum atomic E-state index is 13.4. The molecule has 102 heavy (non-hydrogen) atoms. The first kappa shape index (κ1) is 74.9. The molecule has 548 valence electrons. The summed E-state index contributed by atoms with van der Waals surface area (Å²) in [6, 6.07) is 17.9. The maximum absolute atomic E-state index is 13.4. The number of esters is 3. The second-order valence-corrected chi connectivity index (χ2v) is 23.5. The fourth-order valence-electron chi connectivity index (χ4n) is 10.8. The van der Waals surface area contributed by atoms with Crippen molar-refractivity contribution in [1.82, 2.24) is 0 Å². The number of phenols is 6. The van der Waals surface area contributed by atoms with Gasteiger partial charge in [0.1, 0.15) is 110 Å². The number of carbonyl (C=O) groups is 2. The highest BCUT2D eigenvalue weighted by atomic mass is 16.8. The van der Waals surface area contributed by atoms with Gasteiger partial charge in [-0.25, -0.2) is 9.59 Å². The molecule has 5 heterocycles. The van der Waals surface area contributed by atoms with E-state index in [-0.39, 0.29) is 68.1 Å². The van der Waals surface area contributed by atoms with E-state index in [0.29, 0.717) is 0 Å². The third-order valence-corrected chi connectivity index (χ3v) is 16.5. The lowest BCUT2D eigenvalue weighted by Crippen LogP contribution is -2.65. The van der Waals surface area contributed by atoms with Gasteiger partial charge in [0.25, 0.3) is 0 Å². The van der Waals surface area contributed by atoms with Crippen molar-refractivity contribution in [1.29, 1.82) is 0 Å².